The van der Waals surface area contributed by atoms with Gasteiger partial charge in [0.25, 0.3) is 0 Å². The molecule has 0 fully saturated rings. The maximum Gasteiger partial charge on any atom is 0.327 e. The second kappa shape index (κ2) is 5.63. The van der Waals surface area contributed by atoms with Crippen LogP contribution in [0.5, 0.6) is 0 Å². The largest absolute Gasteiger partial charge is 0.468 e. The average molecular weight is 275 g/mol. The van der Waals surface area contributed by atoms with Gasteiger partial charge in [0.05, 0.1) is 19.0 Å². The van der Waals surface area contributed by atoms with Crippen LogP contribution in [-0.4, -0.2) is 49.2 Å². The van der Waals surface area contributed by atoms with E-state index in [0.29, 0.717) is 5.69 Å². The predicted octanol–water partition coefficient (Wildman–Crippen LogP) is -0.961. The average Bonchev–Trinajstić information content (AvgIpc) is 2.62. The number of methoxy groups -OCH3 is 1. The van der Waals surface area contributed by atoms with Gasteiger partial charge < -0.3 is 10.1 Å². The lowest BCUT2D eigenvalue weighted by Gasteiger charge is -2.00. The number of rotatable bonds is 5. The minimum absolute atomic E-state index is 0.0849. The first kappa shape index (κ1) is 14.2. The summed E-state index contributed by atoms with van der Waals surface area (Å²) in [5, 5.41) is 6.16. The topological polar surface area (TPSA) is 107 Å². The Balaban J connectivity index is 2.59. The number of anilines is 1. The van der Waals surface area contributed by atoms with Gasteiger partial charge in [0.15, 0.2) is 9.84 Å². The fourth-order valence-corrected chi connectivity index (χ4v) is 1.70. The van der Waals surface area contributed by atoms with E-state index >= 15 is 0 Å². The monoisotopic (exact) mass is 275 g/mol. The normalized spacial score (nSPS) is 11.0. The Bertz CT molecular complexity index is 548. The first-order valence-corrected chi connectivity index (χ1v) is 6.93. The second-order valence-corrected chi connectivity index (χ2v) is 5.76. The molecule has 0 spiro atoms. The summed E-state index contributed by atoms with van der Waals surface area (Å²) in [5.41, 5.74) is 0.313. The molecule has 1 aromatic rings. The summed E-state index contributed by atoms with van der Waals surface area (Å²) in [4.78, 5) is 22.2. The predicted molar refractivity (Wildman–Crippen MR) is 62.6 cm³/mol. The lowest BCUT2D eigenvalue weighted by Crippen LogP contribution is -2.21. The van der Waals surface area contributed by atoms with Gasteiger partial charge in [-0.05, 0) is 0 Å². The van der Waals surface area contributed by atoms with Crippen LogP contribution in [0.2, 0.25) is 0 Å². The molecule has 1 amide bonds. The quantitative estimate of drug-likeness (QED) is 0.693. The molecule has 1 N–H and O–H groups in total. The van der Waals surface area contributed by atoms with Crippen molar-refractivity contribution in [2.75, 3.05) is 24.4 Å². The number of hydrogen-bond donors (Lipinski definition) is 1. The molecule has 0 aromatic carbocycles. The Morgan fingerprint density at radius 2 is 2.17 bits per heavy atom. The van der Waals surface area contributed by atoms with Crippen LogP contribution < -0.4 is 5.32 Å². The Kier molecular flexibility index (Phi) is 4.43. The van der Waals surface area contributed by atoms with Gasteiger partial charge >= 0.3 is 5.97 Å². The second-order valence-electron chi connectivity index (χ2n) is 3.62. The van der Waals surface area contributed by atoms with Gasteiger partial charge in [0.1, 0.15) is 12.3 Å². The molecule has 0 bridgehead atoms. The van der Waals surface area contributed by atoms with E-state index < -0.39 is 27.5 Å². The van der Waals surface area contributed by atoms with Crippen molar-refractivity contribution in [1.29, 1.82) is 0 Å². The van der Waals surface area contributed by atoms with E-state index in [1.54, 1.807) is 0 Å². The van der Waals surface area contributed by atoms with Gasteiger partial charge in [-0.3, -0.25) is 14.3 Å². The molecular weight excluding hydrogens is 262 g/mol. The van der Waals surface area contributed by atoms with Gasteiger partial charge in [-0.2, -0.15) is 5.10 Å². The van der Waals surface area contributed by atoms with E-state index in [1.807, 2.05) is 0 Å². The fourth-order valence-electron chi connectivity index (χ4n) is 1.15. The van der Waals surface area contributed by atoms with Crippen LogP contribution in [0, 0.1) is 0 Å². The lowest BCUT2D eigenvalue weighted by atomic mass is 10.5. The number of ether oxygens (including phenoxy) is 1. The number of carbonyl (C=O) groups is 2. The van der Waals surface area contributed by atoms with Crippen molar-refractivity contribution < 1.29 is 22.7 Å². The highest BCUT2D eigenvalue weighted by Crippen LogP contribution is 2.05. The number of nitrogens with one attached hydrogen (secondary N) is 1. The highest BCUT2D eigenvalue weighted by molar-refractivity contribution is 7.91. The summed E-state index contributed by atoms with van der Waals surface area (Å²) in [6, 6.07) is 0. The lowest BCUT2D eigenvalue weighted by molar-refractivity contribution is -0.141. The standard InChI is InChI=1S/C9H13N3O5S/c1-17-9(14)5-12-4-7(3-10-12)11-8(13)6-18(2,15)16/h3-4H,5-6H2,1-2H3,(H,11,13). The van der Waals surface area contributed by atoms with E-state index in [9.17, 15) is 18.0 Å². The summed E-state index contributed by atoms with van der Waals surface area (Å²) in [5.74, 6) is -1.74. The maximum atomic E-state index is 11.3. The third-order valence-electron chi connectivity index (χ3n) is 1.83. The molecule has 0 aliphatic carbocycles. The zero-order valence-corrected chi connectivity index (χ0v) is 10.7. The van der Waals surface area contributed by atoms with Crippen LogP contribution in [0.4, 0.5) is 5.69 Å². The Morgan fingerprint density at radius 3 is 2.72 bits per heavy atom. The third kappa shape index (κ3) is 4.95. The molecule has 0 saturated carbocycles. The first-order valence-electron chi connectivity index (χ1n) is 4.87. The fraction of sp³-hybridized carbons (Fsp3) is 0.444. The number of hydrogen-bond acceptors (Lipinski definition) is 6. The van der Waals surface area contributed by atoms with Crippen molar-refractivity contribution in [3.63, 3.8) is 0 Å². The number of aromatic nitrogens is 2. The van der Waals surface area contributed by atoms with Crippen molar-refractivity contribution >= 4 is 27.4 Å². The summed E-state index contributed by atoms with van der Waals surface area (Å²) < 4.78 is 27.5. The highest BCUT2D eigenvalue weighted by Gasteiger charge is 2.12. The van der Waals surface area contributed by atoms with Gasteiger partial charge in [0.2, 0.25) is 5.91 Å². The highest BCUT2D eigenvalue weighted by atomic mass is 32.2. The summed E-state index contributed by atoms with van der Waals surface area (Å²) in [7, 11) is -2.12. The molecule has 0 radical (unpaired) electrons. The molecule has 0 atom stereocenters. The number of sulfone groups is 1. The van der Waals surface area contributed by atoms with Gasteiger partial charge in [0, 0.05) is 12.5 Å². The zero-order chi connectivity index (χ0) is 13.8. The molecule has 1 rings (SSSR count). The van der Waals surface area contributed by atoms with Crippen molar-refractivity contribution in [2.24, 2.45) is 0 Å². The van der Waals surface area contributed by atoms with E-state index in [4.69, 9.17) is 0 Å². The molecule has 0 saturated heterocycles. The molecule has 0 aliphatic rings. The van der Waals surface area contributed by atoms with Gasteiger partial charge in [-0.25, -0.2) is 8.42 Å². The Hall–Kier alpha value is -1.90. The minimum atomic E-state index is -3.37. The van der Waals surface area contributed by atoms with Crippen LogP contribution in [-0.2, 0) is 30.7 Å². The van der Waals surface area contributed by atoms with Crippen molar-refractivity contribution in [2.45, 2.75) is 6.54 Å². The SMILES string of the molecule is COC(=O)Cn1cc(NC(=O)CS(C)(=O)=O)cn1. The van der Waals surface area contributed by atoms with Crippen LogP contribution >= 0.6 is 0 Å². The molecule has 18 heavy (non-hydrogen) atoms. The molecule has 1 heterocycles. The minimum Gasteiger partial charge on any atom is -0.468 e. The molecule has 1 aromatic heterocycles. The molecule has 0 unspecified atom stereocenters. The Labute approximate surface area is 104 Å². The summed E-state index contributed by atoms with van der Waals surface area (Å²) in [6.45, 7) is -0.0849. The summed E-state index contributed by atoms with van der Waals surface area (Å²) >= 11 is 0. The van der Waals surface area contributed by atoms with Crippen molar-refractivity contribution in [3.05, 3.63) is 12.4 Å². The number of amides is 1. The van der Waals surface area contributed by atoms with Crippen LogP contribution in [0.3, 0.4) is 0 Å². The van der Waals surface area contributed by atoms with E-state index in [-0.39, 0.29) is 6.54 Å². The van der Waals surface area contributed by atoms with Crippen molar-refractivity contribution in [1.82, 2.24) is 9.78 Å². The number of carbonyl (C=O) groups excluding carboxylic acids is 2. The maximum absolute atomic E-state index is 11.3. The first-order chi connectivity index (χ1) is 8.30. The molecule has 100 valence electrons. The zero-order valence-electron chi connectivity index (χ0n) is 9.91. The number of nitrogens with zero attached hydrogens (tertiary/aromatic N) is 2. The third-order valence-corrected chi connectivity index (χ3v) is 2.62. The van der Waals surface area contributed by atoms with Crippen LogP contribution in [0.1, 0.15) is 0 Å². The van der Waals surface area contributed by atoms with Crippen LogP contribution in [0.15, 0.2) is 12.4 Å². The smallest absolute Gasteiger partial charge is 0.327 e. The number of esters is 1. The molecular formula is C9H13N3O5S. The van der Waals surface area contributed by atoms with E-state index in [0.717, 1.165) is 6.26 Å². The van der Waals surface area contributed by atoms with E-state index in [2.05, 4.69) is 15.2 Å². The van der Waals surface area contributed by atoms with Gasteiger partial charge in [-0.1, -0.05) is 0 Å². The van der Waals surface area contributed by atoms with Crippen molar-refractivity contribution in [3.8, 4) is 0 Å². The Morgan fingerprint density at radius 1 is 1.50 bits per heavy atom. The summed E-state index contributed by atoms with van der Waals surface area (Å²) in [6.07, 6.45) is 3.67. The molecule has 9 heteroatoms. The van der Waals surface area contributed by atoms with Crippen LogP contribution in [0.25, 0.3) is 0 Å². The van der Waals surface area contributed by atoms with Gasteiger partial charge in [-0.15, -0.1) is 0 Å². The molecule has 8 nitrogen and oxygen atoms in total. The molecule has 0 aliphatic heterocycles. The van der Waals surface area contributed by atoms with E-state index in [1.165, 1.54) is 24.2 Å².